The molecule has 0 saturated heterocycles. The largest absolute Gasteiger partial charge is 0.497 e. The van der Waals surface area contributed by atoms with Crippen LogP contribution in [0, 0.1) is 5.82 Å². The lowest BCUT2D eigenvalue weighted by Crippen LogP contribution is -2.24. The first-order chi connectivity index (χ1) is 12.1. The molecule has 3 aromatic rings. The summed E-state index contributed by atoms with van der Waals surface area (Å²) in [5.41, 5.74) is 2.22. The Morgan fingerprint density at radius 2 is 1.88 bits per heavy atom. The van der Waals surface area contributed by atoms with Crippen LogP contribution in [0.3, 0.4) is 0 Å². The van der Waals surface area contributed by atoms with Gasteiger partial charge in [0.15, 0.2) is 5.76 Å². The molecule has 0 spiro atoms. The molecule has 0 aliphatic heterocycles. The third kappa shape index (κ3) is 4.44. The van der Waals surface area contributed by atoms with E-state index in [1.54, 1.807) is 25.3 Å². The lowest BCUT2D eigenvalue weighted by atomic mass is 10.1. The van der Waals surface area contributed by atoms with Crippen LogP contribution in [0.2, 0.25) is 0 Å². The first-order valence-electron chi connectivity index (χ1n) is 7.75. The second kappa shape index (κ2) is 7.61. The Labute approximate surface area is 144 Å². The second-order valence-corrected chi connectivity index (χ2v) is 5.49. The quantitative estimate of drug-likeness (QED) is 0.747. The molecule has 0 aliphatic rings. The van der Waals surface area contributed by atoms with E-state index in [-0.39, 0.29) is 24.7 Å². The van der Waals surface area contributed by atoms with Crippen LogP contribution >= 0.6 is 0 Å². The van der Waals surface area contributed by atoms with Crippen LogP contribution in [-0.4, -0.2) is 18.2 Å². The lowest BCUT2D eigenvalue weighted by molar-refractivity contribution is -0.120. The van der Waals surface area contributed by atoms with Crippen LogP contribution < -0.4 is 10.1 Å². The molecular weight excluding hydrogens is 323 g/mol. The van der Waals surface area contributed by atoms with Crippen LogP contribution in [0.4, 0.5) is 4.39 Å². The number of carbonyl (C=O) groups is 1. The molecule has 0 unspecified atom stereocenters. The molecule has 1 aromatic heterocycles. The fraction of sp³-hybridized carbons (Fsp3) is 0.158. The van der Waals surface area contributed by atoms with E-state index in [9.17, 15) is 9.18 Å². The van der Waals surface area contributed by atoms with Crippen LogP contribution in [0.1, 0.15) is 11.3 Å². The van der Waals surface area contributed by atoms with Gasteiger partial charge in [0, 0.05) is 11.6 Å². The Bertz CT molecular complexity index is 842. The number of benzene rings is 2. The van der Waals surface area contributed by atoms with Crippen molar-refractivity contribution in [1.29, 1.82) is 0 Å². The SMILES string of the molecule is COc1ccc(CC(=O)NCc2cc(-c3ccc(F)cc3)on2)cc1. The Kier molecular flexibility index (Phi) is 5.09. The zero-order valence-corrected chi connectivity index (χ0v) is 13.7. The van der Waals surface area contributed by atoms with Crippen LogP contribution in [0.15, 0.2) is 59.1 Å². The third-order valence-corrected chi connectivity index (χ3v) is 3.68. The van der Waals surface area contributed by atoms with Crippen LogP contribution in [0.25, 0.3) is 11.3 Å². The highest BCUT2D eigenvalue weighted by Gasteiger charge is 2.09. The predicted octanol–water partition coefficient (Wildman–Crippen LogP) is 3.35. The van der Waals surface area contributed by atoms with Crippen molar-refractivity contribution in [2.75, 3.05) is 7.11 Å². The summed E-state index contributed by atoms with van der Waals surface area (Å²) >= 11 is 0. The maximum absolute atomic E-state index is 12.9. The summed E-state index contributed by atoms with van der Waals surface area (Å²) in [6.45, 7) is 0.264. The Balaban J connectivity index is 1.54. The zero-order valence-electron chi connectivity index (χ0n) is 13.7. The van der Waals surface area contributed by atoms with Crippen molar-refractivity contribution < 1.29 is 18.4 Å². The van der Waals surface area contributed by atoms with Gasteiger partial charge in [-0.2, -0.15) is 0 Å². The predicted molar refractivity (Wildman–Crippen MR) is 90.4 cm³/mol. The van der Waals surface area contributed by atoms with E-state index in [0.717, 1.165) is 16.9 Å². The number of halogens is 1. The zero-order chi connectivity index (χ0) is 17.6. The monoisotopic (exact) mass is 340 g/mol. The van der Waals surface area contributed by atoms with E-state index < -0.39 is 0 Å². The van der Waals surface area contributed by atoms with Gasteiger partial charge in [0.25, 0.3) is 0 Å². The molecule has 2 aromatic carbocycles. The Morgan fingerprint density at radius 3 is 2.56 bits per heavy atom. The van der Waals surface area contributed by atoms with Crippen molar-refractivity contribution in [1.82, 2.24) is 10.5 Å². The molecule has 128 valence electrons. The van der Waals surface area contributed by atoms with Gasteiger partial charge in [0.2, 0.25) is 5.91 Å². The van der Waals surface area contributed by atoms with Gasteiger partial charge in [-0.1, -0.05) is 17.3 Å². The van der Waals surface area contributed by atoms with E-state index in [0.29, 0.717) is 11.5 Å². The summed E-state index contributed by atoms with van der Waals surface area (Å²) in [5.74, 6) is 0.852. The molecule has 1 N–H and O–H groups in total. The molecule has 0 fully saturated rings. The van der Waals surface area contributed by atoms with E-state index >= 15 is 0 Å². The Hall–Kier alpha value is -3.15. The molecule has 0 aliphatic carbocycles. The molecule has 1 heterocycles. The number of carbonyl (C=O) groups excluding carboxylic acids is 1. The maximum atomic E-state index is 12.9. The van der Waals surface area contributed by atoms with E-state index in [2.05, 4.69) is 10.5 Å². The number of hydrogen-bond donors (Lipinski definition) is 1. The van der Waals surface area contributed by atoms with Crippen LogP contribution in [-0.2, 0) is 17.8 Å². The molecule has 25 heavy (non-hydrogen) atoms. The fourth-order valence-electron chi connectivity index (χ4n) is 2.33. The number of rotatable bonds is 6. The molecule has 5 nitrogen and oxygen atoms in total. The number of methoxy groups -OCH3 is 1. The highest BCUT2D eigenvalue weighted by Crippen LogP contribution is 2.20. The van der Waals surface area contributed by atoms with Crippen molar-refractivity contribution in [2.45, 2.75) is 13.0 Å². The Morgan fingerprint density at radius 1 is 1.16 bits per heavy atom. The highest BCUT2D eigenvalue weighted by atomic mass is 19.1. The molecular formula is C19H17FN2O3. The minimum absolute atomic E-state index is 0.114. The van der Waals surface area contributed by atoms with Crippen molar-refractivity contribution in [3.05, 3.63) is 71.7 Å². The lowest BCUT2D eigenvalue weighted by Gasteiger charge is -2.04. The standard InChI is InChI=1S/C19H17FN2O3/c1-24-17-8-2-13(3-9-17)10-19(23)21-12-16-11-18(25-22-16)14-4-6-15(20)7-5-14/h2-9,11H,10,12H2,1H3,(H,21,23). The molecule has 0 bridgehead atoms. The minimum atomic E-state index is -0.311. The molecule has 1 amide bonds. The van der Waals surface area contributed by atoms with Crippen LogP contribution in [0.5, 0.6) is 5.75 Å². The van der Waals surface area contributed by atoms with Gasteiger partial charge in [0.1, 0.15) is 17.3 Å². The summed E-state index contributed by atoms with van der Waals surface area (Å²) in [7, 11) is 1.60. The average molecular weight is 340 g/mol. The summed E-state index contributed by atoms with van der Waals surface area (Å²) in [5, 5.41) is 6.71. The molecule has 0 atom stereocenters. The number of hydrogen-bond acceptors (Lipinski definition) is 4. The smallest absolute Gasteiger partial charge is 0.224 e. The number of ether oxygens (including phenoxy) is 1. The highest BCUT2D eigenvalue weighted by molar-refractivity contribution is 5.78. The average Bonchev–Trinajstić information content (AvgIpc) is 3.10. The summed E-state index contributed by atoms with van der Waals surface area (Å²) in [6, 6.07) is 15.0. The van der Waals surface area contributed by atoms with Crippen molar-refractivity contribution >= 4 is 5.91 Å². The first kappa shape index (κ1) is 16.7. The van der Waals surface area contributed by atoms with Gasteiger partial charge >= 0.3 is 0 Å². The molecule has 0 saturated carbocycles. The summed E-state index contributed by atoms with van der Waals surface area (Å²) in [6.07, 6.45) is 0.271. The molecule has 3 rings (SSSR count). The third-order valence-electron chi connectivity index (χ3n) is 3.68. The van der Waals surface area contributed by atoms with Gasteiger partial charge in [-0.05, 0) is 42.0 Å². The fourth-order valence-corrected chi connectivity index (χ4v) is 2.33. The van der Waals surface area contributed by atoms with E-state index in [4.69, 9.17) is 9.26 Å². The van der Waals surface area contributed by atoms with E-state index in [1.807, 2.05) is 24.3 Å². The van der Waals surface area contributed by atoms with Gasteiger partial charge < -0.3 is 14.6 Å². The van der Waals surface area contributed by atoms with Gasteiger partial charge in [-0.25, -0.2) is 4.39 Å². The topological polar surface area (TPSA) is 64.4 Å². The number of nitrogens with one attached hydrogen (secondary N) is 1. The van der Waals surface area contributed by atoms with Crippen molar-refractivity contribution in [2.24, 2.45) is 0 Å². The second-order valence-electron chi connectivity index (χ2n) is 5.49. The van der Waals surface area contributed by atoms with Crippen molar-refractivity contribution in [3.63, 3.8) is 0 Å². The molecule has 6 heteroatoms. The van der Waals surface area contributed by atoms with Gasteiger partial charge in [-0.3, -0.25) is 4.79 Å². The normalized spacial score (nSPS) is 10.5. The van der Waals surface area contributed by atoms with Gasteiger partial charge in [0.05, 0.1) is 20.1 Å². The first-order valence-corrected chi connectivity index (χ1v) is 7.75. The minimum Gasteiger partial charge on any atom is -0.497 e. The number of nitrogens with zero attached hydrogens (tertiary/aromatic N) is 1. The number of amides is 1. The summed E-state index contributed by atoms with van der Waals surface area (Å²) in [4.78, 5) is 12.0. The maximum Gasteiger partial charge on any atom is 0.224 e. The van der Waals surface area contributed by atoms with Gasteiger partial charge in [-0.15, -0.1) is 0 Å². The number of aromatic nitrogens is 1. The molecule has 0 radical (unpaired) electrons. The van der Waals surface area contributed by atoms with Crippen molar-refractivity contribution in [3.8, 4) is 17.1 Å². The summed E-state index contributed by atoms with van der Waals surface area (Å²) < 4.78 is 23.3. The van der Waals surface area contributed by atoms with E-state index in [1.165, 1.54) is 12.1 Å².